The molecule has 1 aliphatic rings. The summed E-state index contributed by atoms with van der Waals surface area (Å²) in [5.74, 6) is -0.257. The summed E-state index contributed by atoms with van der Waals surface area (Å²) in [6.45, 7) is 3.60. The van der Waals surface area contributed by atoms with Gasteiger partial charge in [-0.3, -0.25) is 4.90 Å². The number of benzene rings is 1. The van der Waals surface area contributed by atoms with Gasteiger partial charge in [-0.25, -0.2) is 0 Å². The maximum absolute atomic E-state index is 12.0. The van der Waals surface area contributed by atoms with Crippen LogP contribution in [0, 0.1) is 0 Å². The summed E-state index contributed by atoms with van der Waals surface area (Å²) in [6.07, 6.45) is 0. The van der Waals surface area contributed by atoms with Crippen molar-refractivity contribution < 1.29 is 24.1 Å². The lowest BCUT2D eigenvalue weighted by Gasteiger charge is -2.45. The summed E-state index contributed by atoms with van der Waals surface area (Å²) in [4.78, 5) is 13.8. The van der Waals surface area contributed by atoms with Gasteiger partial charge >= 0.3 is 0 Å². The summed E-state index contributed by atoms with van der Waals surface area (Å²) in [7, 11) is 3.01. The Hall–Kier alpha value is -1.50. The van der Waals surface area contributed by atoms with Gasteiger partial charge in [0.25, 0.3) is 0 Å². The van der Waals surface area contributed by atoms with Crippen LogP contribution in [0.15, 0.2) is 18.2 Å². The van der Waals surface area contributed by atoms with Crippen molar-refractivity contribution in [3.05, 3.63) is 23.8 Å². The van der Waals surface area contributed by atoms with Crippen LogP contribution in [0.2, 0.25) is 0 Å². The number of carbonyl (C=O) groups is 1. The Balaban J connectivity index is 0.00000242. The Labute approximate surface area is 136 Å². The molecule has 0 saturated carbocycles. The zero-order chi connectivity index (χ0) is 15.5. The molecule has 1 unspecified atom stereocenters. The minimum absolute atomic E-state index is 0. The van der Waals surface area contributed by atoms with Gasteiger partial charge in [0.2, 0.25) is 0 Å². The van der Waals surface area contributed by atoms with Gasteiger partial charge < -0.3 is 24.1 Å². The summed E-state index contributed by atoms with van der Waals surface area (Å²) in [5, 5.41) is 12.0. The highest BCUT2D eigenvalue weighted by molar-refractivity contribution is 5.85. The van der Waals surface area contributed by atoms with Crippen LogP contribution in [0.4, 0.5) is 0 Å². The van der Waals surface area contributed by atoms with E-state index in [-0.39, 0.29) is 12.4 Å². The molecule has 7 heteroatoms. The lowest BCUT2D eigenvalue weighted by molar-refractivity contribution is -0.320. The number of nitrogens with zero attached hydrogens (tertiary/aromatic N) is 1. The van der Waals surface area contributed by atoms with Crippen molar-refractivity contribution in [2.45, 2.75) is 12.5 Å². The second-order valence-corrected chi connectivity index (χ2v) is 5.00. The number of methoxy groups -OCH3 is 2. The van der Waals surface area contributed by atoms with Gasteiger partial charge in [0, 0.05) is 13.1 Å². The number of aliphatic carboxylic acids is 1. The molecule has 124 valence electrons. The number of halogens is 1. The molecule has 1 aromatic rings. The summed E-state index contributed by atoms with van der Waals surface area (Å²) < 4.78 is 16.0. The lowest BCUT2D eigenvalue weighted by Crippen LogP contribution is -2.58. The molecule has 0 aromatic heterocycles. The van der Waals surface area contributed by atoms with Gasteiger partial charge in [0.1, 0.15) is 11.5 Å². The zero-order valence-corrected chi connectivity index (χ0v) is 13.8. The van der Waals surface area contributed by atoms with Crippen molar-refractivity contribution >= 4 is 18.4 Å². The van der Waals surface area contributed by atoms with E-state index >= 15 is 0 Å². The van der Waals surface area contributed by atoms with Crippen LogP contribution in [0.5, 0.6) is 11.5 Å². The molecular formula is C15H21ClNO5-. The van der Waals surface area contributed by atoms with E-state index in [0.717, 1.165) is 0 Å². The monoisotopic (exact) mass is 330 g/mol. The number of carbonyl (C=O) groups excluding carboxylic acids is 1. The van der Waals surface area contributed by atoms with Crippen LogP contribution in [0.25, 0.3) is 0 Å². The van der Waals surface area contributed by atoms with Gasteiger partial charge in [0.05, 0.1) is 44.5 Å². The van der Waals surface area contributed by atoms with Gasteiger partial charge in [-0.15, -0.1) is 12.4 Å². The standard InChI is InChI=1S/C15H21NO5.ClH/c1-15(14(17)18,16-7-9-21-10-8-16)13-11(19-2)5-4-6-12(13)20-3;/h4-6H,7-10H2,1-3H3,(H,17,18);1H/p-1. The molecule has 22 heavy (non-hydrogen) atoms. The number of ether oxygens (including phenoxy) is 3. The topological polar surface area (TPSA) is 71.1 Å². The zero-order valence-electron chi connectivity index (χ0n) is 13.0. The highest BCUT2D eigenvalue weighted by Gasteiger charge is 2.40. The molecule has 1 saturated heterocycles. The molecule has 0 spiro atoms. The largest absolute Gasteiger partial charge is 0.548 e. The first-order valence-corrected chi connectivity index (χ1v) is 6.81. The van der Waals surface area contributed by atoms with Crippen LogP contribution in [0.3, 0.4) is 0 Å². The predicted octanol–water partition coefficient (Wildman–Crippen LogP) is 0.423. The third kappa shape index (κ3) is 3.14. The van der Waals surface area contributed by atoms with Crippen LogP contribution in [-0.4, -0.2) is 51.4 Å². The van der Waals surface area contributed by atoms with Crippen molar-refractivity contribution in [3.63, 3.8) is 0 Å². The number of hydrogen-bond donors (Lipinski definition) is 0. The molecule has 1 aliphatic heterocycles. The van der Waals surface area contributed by atoms with E-state index in [2.05, 4.69) is 0 Å². The van der Waals surface area contributed by atoms with Crippen LogP contribution >= 0.6 is 12.4 Å². The van der Waals surface area contributed by atoms with Crippen LogP contribution in [0.1, 0.15) is 12.5 Å². The number of carboxylic acid groups (broad SMARTS) is 1. The maximum atomic E-state index is 12.0. The van der Waals surface area contributed by atoms with E-state index < -0.39 is 11.5 Å². The Morgan fingerprint density at radius 3 is 2.14 bits per heavy atom. The van der Waals surface area contributed by atoms with E-state index in [4.69, 9.17) is 14.2 Å². The van der Waals surface area contributed by atoms with Crippen LogP contribution in [-0.2, 0) is 15.1 Å². The van der Waals surface area contributed by atoms with Gasteiger partial charge in [-0.05, 0) is 19.1 Å². The van der Waals surface area contributed by atoms with Crippen molar-refractivity contribution in [3.8, 4) is 11.5 Å². The number of rotatable bonds is 5. The van der Waals surface area contributed by atoms with Crippen molar-refractivity contribution in [1.82, 2.24) is 4.90 Å². The van der Waals surface area contributed by atoms with E-state index in [1.54, 1.807) is 25.1 Å². The summed E-state index contributed by atoms with van der Waals surface area (Å²) in [5.41, 5.74) is -0.876. The molecule has 0 N–H and O–H groups in total. The molecular weight excluding hydrogens is 310 g/mol. The molecule has 0 radical (unpaired) electrons. The second-order valence-electron chi connectivity index (χ2n) is 5.00. The van der Waals surface area contributed by atoms with Gasteiger partial charge in [0.15, 0.2) is 0 Å². The fraction of sp³-hybridized carbons (Fsp3) is 0.533. The van der Waals surface area contributed by atoms with E-state index in [9.17, 15) is 9.90 Å². The third-order valence-corrected chi connectivity index (χ3v) is 3.96. The molecule has 1 aromatic carbocycles. The molecule has 0 bridgehead atoms. The van der Waals surface area contributed by atoms with E-state index in [1.807, 2.05) is 4.90 Å². The highest BCUT2D eigenvalue weighted by Crippen LogP contribution is 2.41. The first kappa shape index (κ1) is 18.5. The van der Waals surface area contributed by atoms with Crippen molar-refractivity contribution in [2.75, 3.05) is 40.5 Å². The first-order valence-electron chi connectivity index (χ1n) is 6.81. The highest BCUT2D eigenvalue weighted by atomic mass is 35.5. The quantitative estimate of drug-likeness (QED) is 0.779. The lowest BCUT2D eigenvalue weighted by atomic mass is 9.87. The molecule has 1 fully saturated rings. The van der Waals surface area contributed by atoms with E-state index in [1.165, 1.54) is 14.2 Å². The molecule has 0 amide bonds. The Bertz CT molecular complexity index is 496. The molecule has 2 rings (SSSR count). The number of morpholine rings is 1. The van der Waals surface area contributed by atoms with Crippen LogP contribution < -0.4 is 14.6 Å². The SMILES string of the molecule is COc1cccc(OC)c1C(C)(C(=O)[O-])N1CCOCC1.Cl. The first-order chi connectivity index (χ1) is 10.1. The second kappa shape index (κ2) is 7.67. The Morgan fingerprint density at radius 2 is 1.73 bits per heavy atom. The third-order valence-electron chi connectivity index (χ3n) is 3.96. The minimum Gasteiger partial charge on any atom is -0.548 e. The normalized spacial score (nSPS) is 18.0. The predicted molar refractivity (Wildman–Crippen MR) is 81.5 cm³/mol. The van der Waals surface area contributed by atoms with E-state index in [0.29, 0.717) is 43.4 Å². The average molecular weight is 331 g/mol. The van der Waals surface area contributed by atoms with Crippen molar-refractivity contribution in [2.24, 2.45) is 0 Å². The average Bonchev–Trinajstić information content (AvgIpc) is 2.53. The molecule has 1 atom stereocenters. The summed E-state index contributed by atoms with van der Waals surface area (Å²) in [6, 6.07) is 5.20. The summed E-state index contributed by atoms with van der Waals surface area (Å²) >= 11 is 0. The molecule has 6 nitrogen and oxygen atoms in total. The molecule has 0 aliphatic carbocycles. The Kier molecular flexibility index (Phi) is 6.47. The maximum Gasteiger partial charge on any atom is 0.128 e. The fourth-order valence-electron chi connectivity index (χ4n) is 2.73. The minimum atomic E-state index is -1.35. The van der Waals surface area contributed by atoms with Gasteiger partial charge in [-0.1, -0.05) is 6.07 Å². The molecule has 1 heterocycles. The van der Waals surface area contributed by atoms with Gasteiger partial charge in [-0.2, -0.15) is 0 Å². The number of carboxylic acids is 1. The van der Waals surface area contributed by atoms with Crippen molar-refractivity contribution in [1.29, 1.82) is 0 Å². The number of hydrogen-bond acceptors (Lipinski definition) is 6. The smallest absolute Gasteiger partial charge is 0.128 e. The fourth-order valence-corrected chi connectivity index (χ4v) is 2.73. The Morgan fingerprint density at radius 1 is 1.23 bits per heavy atom.